The van der Waals surface area contributed by atoms with Crippen LogP contribution in [0.4, 0.5) is 17.5 Å². The van der Waals surface area contributed by atoms with Crippen LogP contribution in [0.1, 0.15) is 51.4 Å². The van der Waals surface area contributed by atoms with Gasteiger partial charge in [0.25, 0.3) is 0 Å². The van der Waals surface area contributed by atoms with E-state index in [0.717, 1.165) is 97.2 Å². The molecular weight excluding hydrogens is 956 g/mol. The number of aromatic nitrogens is 6. The number of piperidine rings is 1. The Morgan fingerprint density at radius 1 is 0.809 bits per heavy atom. The van der Waals surface area contributed by atoms with Crippen LogP contribution in [-0.2, 0) is 32.2 Å². The van der Waals surface area contributed by atoms with Crippen molar-refractivity contribution in [3.8, 4) is 11.5 Å². The van der Waals surface area contributed by atoms with Gasteiger partial charge in [-0.05, 0) is 44.7 Å². The van der Waals surface area contributed by atoms with E-state index in [9.17, 15) is 10.2 Å². The molecule has 10 rings (SSSR count). The van der Waals surface area contributed by atoms with Crippen molar-refractivity contribution in [2.75, 3.05) is 94.6 Å². The Kier molecular flexibility index (Phi) is 18.2. The second kappa shape index (κ2) is 23.6. The minimum absolute atomic E-state index is 0. The van der Waals surface area contributed by atoms with Crippen LogP contribution in [0.5, 0.6) is 11.5 Å². The number of halogens is 1. The fourth-order valence-electron chi connectivity index (χ4n) is 9.89. The Morgan fingerprint density at radius 2 is 1.37 bits per heavy atom. The summed E-state index contributed by atoms with van der Waals surface area (Å²) in [5, 5.41) is 29.9. The molecular formula is C45H63ClN10O9S3. The summed E-state index contributed by atoms with van der Waals surface area (Å²) in [6, 6.07) is 4.43. The number of pyridine rings is 2. The Bertz CT molecular complexity index is 2310. The minimum Gasteiger partial charge on any atom is -0.486 e. The summed E-state index contributed by atoms with van der Waals surface area (Å²) < 4.78 is 33.9. The van der Waals surface area contributed by atoms with E-state index in [1.54, 1.807) is 25.7 Å². The number of hydrogen-bond acceptors (Lipinski definition) is 21. The zero-order chi connectivity index (χ0) is 45.8. The van der Waals surface area contributed by atoms with Gasteiger partial charge in [-0.1, -0.05) is 42.6 Å². The third-order valence-corrected chi connectivity index (χ3v) is 15.5. The van der Waals surface area contributed by atoms with Crippen molar-refractivity contribution in [3.63, 3.8) is 0 Å². The third kappa shape index (κ3) is 11.2. The molecule has 10 heterocycles. The fraction of sp³-hybridized carbons (Fsp3) is 0.600. The highest BCUT2D eigenvalue weighted by Crippen LogP contribution is 2.47. The molecule has 0 radical (unpaired) electrons. The maximum Gasteiger partial charge on any atom is 0.175 e. The Morgan fingerprint density at radius 3 is 1.90 bits per heavy atom. The molecule has 1 unspecified atom stereocenters. The van der Waals surface area contributed by atoms with E-state index in [-0.39, 0.29) is 69.7 Å². The number of methoxy groups -OCH3 is 1. The first-order valence-electron chi connectivity index (χ1n) is 22.3. The van der Waals surface area contributed by atoms with Crippen LogP contribution in [0.3, 0.4) is 0 Å². The fourth-order valence-corrected chi connectivity index (χ4v) is 11.8. The lowest BCUT2D eigenvalue weighted by atomic mass is 9.73. The predicted molar refractivity (Wildman–Crippen MR) is 262 cm³/mol. The van der Waals surface area contributed by atoms with Crippen LogP contribution in [0.2, 0.25) is 5.15 Å². The Balaban J connectivity index is 0.000000208. The molecule has 0 amide bonds. The summed E-state index contributed by atoms with van der Waals surface area (Å²) in [7, 11) is 1.64. The number of aliphatic hydroxyl groups is 3. The van der Waals surface area contributed by atoms with Crippen LogP contribution in [0.15, 0.2) is 56.8 Å². The number of nitrogens with two attached hydrogens (primary N) is 1. The number of fused-ring (bicyclic) bond motifs is 6. The molecule has 4 aromatic heterocycles. The molecule has 0 aliphatic carbocycles. The van der Waals surface area contributed by atoms with Gasteiger partial charge in [-0.2, -0.15) is 13.5 Å². The molecule has 0 bridgehead atoms. The van der Waals surface area contributed by atoms with Gasteiger partial charge in [-0.25, -0.2) is 29.9 Å². The third-order valence-electron chi connectivity index (χ3n) is 13.3. The van der Waals surface area contributed by atoms with Crippen LogP contribution >= 0.6 is 48.6 Å². The molecule has 6 aliphatic rings. The molecule has 0 aromatic carbocycles. The van der Waals surface area contributed by atoms with E-state index in [0.29, 0.717) is 72.5 Å². The van der Waals surface area contributed by atoms with E-state index in [1.165, 1.54) is 23.5 Å². The normalized spacial score (nSPS) is 24.1. The van der Waals surface area contributed by atoms with Gasteiger partial charge in [0, 0.05) is 69.0 Å². The summed E-state index contributed by atoms with van der Waals surface area (Å²) in [6.45, 7) is 8.09. The molecule has 6 atom stereocenters. The van der Waals surface area contributed by atoms with Crippen LogP contribution in [0, 0.1) is 17.3 Å². The molecule has 68 heavy (non-hydrogen) atoms. The summed E-state index contributed by atoms with van der Waals surface area (Å²) in [6.07, 6.45) is 10.9. The Hall–Kier alpha value is -3.52. The largest absolute Gasteiger partial charge is 0.486 e. The van der Waals surface area contributed by atoms with Crippen molar-refractivity contribution in [1.29, 1.82) is 0 Å². The van der Waals surface area contributed by atoms with E-state index >= 15 is 0 Å². The van der Waals surface area contributed by atoms with Gasteiger partial charge >= 0.3 is 0 Å². The molecule has 0 saturated carbocycles. The summed E-state index contributed by atoms with van der Waals surface area (Å²) in [4.78, 5) is 35.8. The lowest BCUT2D eigenvalue weighted by molar-refractivity contribution is -0.0414. The highest BCUT2D eigenvalue weighted by atomic mass is 35.5. The number of ether oxygens (including phenoxy) is 6. The number of nitrogens with zero attached hydrogens (tertiary/aromatic N) is 9. The van der Waals surface area contributed by atoms with Crippen molar-refractivity contribution >= 4 is 66.1 Å². The van der Waals surface area contributed by atoms with Crippen LogP contribution in [-0.4, -0.2) is 149 Å². The second-order valence-corrected chi connectivity index (χ2v) is 20.0. The number of hydrogen-bond donors (Lipinski definition) is 4. The van der Waals surface area contributed by atoms with Gasteiger partial charge in [0.15, 0.2) is 34.1 Å². The first-order chi connectivity index (χ1) is 32.2. The maximum atomic E-state index is 10.2. The quantitative estimate of drug-likeness (QED) is 0.100. The lowest BCUT2D eigenvalue weighted by Gasteiger charge is -2.41. The standard InChI is InChI=1S/C27H38N6O5S.C17H19ClN4O4S.CH4.H2S/c1-17-24(28)27(15-38-17)4-7-32(8-5-27)25-20(12-34)31-22(10-30-25)39-21-3-6-29-26-23(21)37-14-19-9-18(11-33(19)26)13-36-16-35-2;18-16-12(6-23)21-14(4-20-16)27-13-1-2-19-17-15(13)26-8-11-3-10(5-22(11)17)7-25-9-24;;/h3,6,10,17-19,24,34H,4-5,7-9,11-16,28H2,1-2H3;1-2,4,10-11,23-24H,3,5-9H2;1H4;1H2/t17-,18+,19-,24+;10?,11-;;/m00../s1. The molecule has 4 saturated heterocycles. The highest BCUT2D eigenvalue weighted by molar-refractivity contribution is 7.99. The maximum absolute atomic E-state index is 10.2. The molecule has 1 spiro atoms. The second-order valence-electron chi connectivity index (χ2n) is 17.5. The molecule has 23 heteroatoms. The number of aliphatic hydroxyl groups excluding tert-OH is 3. The molecule has 19 nitrogen and oxygen atoms in total. The highest BCUT2D eigenvalue weighted by Gasteiger charge is 2.48. The van der Waals surface area contributed by atoms with Crippen molar-refractivity contribution in [2.45, 2.75) is 97.3 Å². The number of anilines is 3. The summed E-state index contributed by atoms with van der Waals surface area (Å²) >= 11 is 8.80. The van der Waals surface area contributed by atoms with Gasteiger partial charge in [-0.3, -0.25) is 0 Å². The average molecular weight is 1020 g/mol. The van der Waals surface area contributed by atoms with Gasteiger partial charge in [0.1, 0.15) is 48.2 Å². The minimum atomic E-state index is -0.266. The van der Waals surface area contributed by atoms with E-state index in [4.69, 9.17) is 60.8 Å². The van der Waals surface area contributed by atoms with Gasteiger partial charge in [0.05, 0.1) is 73.4 Å². The molecule has 372 valence electrons. The van der Waals surface area contributed by atoms with Crippen molar-refractivity contribution in [2.24, 2.45) is 23.0 Å². The Labute approximate surface area is 417 Å². The summed E-state index contributed by atoms with van der Waals surface area (Å²) in [5.74, 6) is 4.67. The van der Waals surface area contributed by atoms with Crippen LogP contribution in [0.25, 0.3) is 0 Å². The van der Waals surface area contributed by atoms with Gasteiger partial charge in [-0.15, -0.1) is 0 Å². The smallest absolute Gasteiger partial charge is 0.175 e. The van der Waals surface area contributed by atoms with Crippen molar-refractivity contribution in [3.05, 3.63) is 53.5 Å². The predicted octanol–water partition coefficient (Wildman–Crippen LogP) is 4.53. The van der Waals surface area contributed by atoms with Crippen molar-refractivity contribution < 1.29 is 43.7 Å². The SMILES string of the molecule is C.COCOC[C@@H]1C[C@H]2COc3c(Sc4cnc(N5CCC6(CC5)CO[C@@H](C)[C@H]6N)c(CO)n4)ccnc3N2C1.OCOCC1C[C@H]2COc3c(Sc4cnc(Cl)c(CO)n4)ccnc3N2C1.S. The topological polar surface area (TPSA) is 229 Å². The van der Waals surface area contributed by atoms with Crippen molar-refractivity contribution in [1.82, 2.24) is 29.9 Å². The first kappa shape index (κ1) is 52.3. The zero-order valence-corrected chi connectivity index (χ0v) is 40.9. The van der Waals surface area contributed by atoms with E-state index in [1.807, 2.05) is 18.3 Å². The monoisotopic (exact) mass is 1020 g/mol. The van der Waals surface area contributed by atoms with Gasteiger partial charge in [0.2, 0.25) is 0 Å². The first-order valence-corrected chi connectivity index (χ1v) is 24.3. The number of rotatable bonds is 14. The average Bonchev–Trinajstić information content (AvgIpc) is 4.05. The lowest BCUT2D eigenvalue weighted by Crippen LogP contribution is -2.51. The zero-order valence-electron chi connectivity index (χ0n) is 37.5. The molecule has 6 aliphatic heterocycles. The summed E-state index contributed by atoms with van der Waals surface area (Å²) in [5.41, 5.74) is 7.45. The molecule has 4 fully saturated rings. The van der Waals surface area contributed by atoms with E-state index < -0.39 is 0 Å². The molecule has 5 N–H and O–H groups in total. The van der Waals surface area contributed by atoms with Gasteiger partial charge < -0.3 is 64.2 Å². The van der Waals surface area contributed by atoms with E-state index in [2.05, 4.69) is 41.6 Å². The van der Waals surface area contributed by atoms with Crippen LogP contribution < -0.4 is 29.9 Å². The molecule has 4 aromatic rings.